The Hall–Kier alpha value is -2.41. The molecule has 0 atom stereocenters. The number of aromatic nitrogens is 4. The minimum Gasteiger partial charge on any atom is -0.463 e. The standard InChI is InChI=1S/C11H12N6O/c12-3-4-17-6-14-9-8(7-2-1-5-18-7)15-11(13)16-10(9)17/h1-2,5-6H,3-4,12H2,(H2,13,15,16). The molecular formula is C11H12N6O. The van der Waals surface area contributed by atoms with Gasteiger partial charge in [-0.1, -0.05) is 0 Å². The average Bonchev–Trinajstić information content (AvgIpc) is 2.99. The summed E-state index contributed by atoms with van der Waals surface area (Å²) in [4.78, 5) is 12.7. The van der Waals surface area contributed by atoms with E-state index in [2.05, 4.69) is 15.0 Å². The Morgan fingerprint density at radius 3 is 2.94 bits per heavy atom. The largest absolute Gasteiger partial charge is 0.463 e. The Kier molecular flexibility index (Phi) is 2.45. The molecule has 4 N–H and O–H groups in total. The second-order valence-electron chi connectivity index (χ2n) is 3.81. The highest BCUT2D eigenvalue weighted by molar-refractivity contribution is 5.86. The van der Waals surface area contributed by atoms with Gasteiger partial charge in [-0.2, -0.15) is 4.98 Å². The molecule has 3 rings (SSSR count). The van der Waals surface area contributed by atoms with Crippen LogP contribution in [-0.2, 0) is 6.54 Å². The van der Waals surface area contributed by atoms with Gasteiger partial charge in [-0.3, -0.25) is 0 Å². The highest BCUT2D eigenvalue weighted by atomic mass is 16.3. The van der Waals surface area contributed by atoms with Crippen LogP contribution in [0.2, 0.25) is 0 Å². The first-order valence-corrected chi connectivity index (χ1v) is 5.52. The quantitative estimate of drug-likeness (QED) is 0.699. The highest BCUT2D eigenvalue weighted by Gasteiger charge is 2.15. The van der Waals surface area contributed by atoms with Crippen molar-refractivity contribution in [3.63, 3.8) is 0 Å². The minimum atomic E-state index is 0.188. The van der Waals surface area contributed by atoms with Crippen LogP contribution < -0.4 is 11.5 Å². The number of nitrogens with zero attached hydrogens (tertiary/aromatic N) is 4. The van der Waals surface area contributed by atoms with Crippen molar-refractivity contribution in [1.82, 2.24) is 19.5 Å². The third-order valence-corrected chi connectivity index (χ3v) is 2.61. The third-order valence-electron chi connectivity index (χ3n) is 2.61. The number of furan rings is 1. The van der Waals surface area contributed by atoms with Gasteiger partial charge in [0.15, 0.2) is 11.4 Å². The summed E-state index contributed by atoms with van der Waals surface area (Å²) >= 11 is 0. The molecule has 0 bridgehead atoms. The van der Waals surface area contributed by atoms with Gasteiger partial charge >= 0.3 is 0 Å². The van der Waals surface area contributed by atoms with Crippen molar-refractivity contribution >= 4 is 17.1 Å². The maximum atomic E-state index is 5.72. The van der Waals surface area contributed by atoms with E-state index in [4.69, 9.17) is 15.9 Å². The van der Waals surface area contributed by atoms with Crippen LogP contribution in [0.3, 0.4) is 0 Å². The predicted octanol–water partition coefficient (Wildman–Crippen LogP) is 0.627. The molecule has 0 aliphatic carbocycles. The van der Waals surface area contributed by atoms with E-state index in [9.17, 15) is 0 Å². The average molecular weight is 244 g/mol. The lowest BCUT2D eigenvalue weighted by Gasteiger charge is -2.03. The molecule has 0 saturated carbocycles. The molecule has 18 heavy (non-hydrogen) atoms. The van der Waals surface area contributed by atoms with E-state index >= 15 is 0 Å². The summed E-state index contributed by atoms with van der Waals surface area (Å²) in [5, 5.41) is 0. The van der Waals surface area contributed by atoms with E-state index in [1.165, 1.54) is 0 Å². The summed E-state index contributed by atoms with van der Waals surface area (Å²) in [5.74, 6) is 0.805. The summed E-state index contributed by atoms with van der Waals surface area (Å²) in [7, 11) is 0. The maximum Gasteiger partial charge on any atom is 0.222 e. The van der Waals surface area contributed by atoms with Crippen molar-refractivity contribution in [3.05, 3.63) is 24.7 Å². The molecule has 92 valence electrons. The number of rotatable bonds is 3. The van der Waals surface area contributed by atoms with Gasteiger partial charge in [0.25, 0.3) is 0 Å². The van der Waals surface area contributed by atoms with Crippen molar-refractivity contribution in [3.8, 4) is 11.5 Å². The smallest absolute Gasteiger partial charge is 0.222 e. The van der Waals surface area contributed by atoms with Gasteiger partial charge in [0.2, 0.25) is 5.95 Å². The van der Waals surface area contributed by atoms with Gasteiger partial charge in [-0.15, -0.1) is 0 Å². The lowest BCUT2D eigenvalue weighted by atomic mass is 10.3. The Bertz CT molecular complexity index is 672. The number of anilines is 1. The molecule has 0 radical (unpaired) electrons. The second-order valence-corrected chi connectivity index (χ2v) is 3.81. The molecule has 0 aliphatic rings. The molecular weight excluding hydrogens is 232 g/mol. The Balaban J connectivity index is 2.26. The van der Waals surface area contributed by atoms with E-state index in [1.807, 2.05) is 10.6 Å². The van der Waals surface area contributed by atoms with Gasteiger partial charge in [-0.05, 0) is 12.1 Å². The molecule has 7 heteroatoms. The van der Waals surface area contributed by atoms with Crippen molar-refractivity contribution in [2.45, 2.75) is 6.54 Å². The third kappa shape index (κ3) is 1.61. The zero-order chi connectivity index (χ0) is 12.5. The lowest BCUT2D eigenvalue weighted by molar-refractivity contribution is 0.580. The van der Waals surface area contributed by atoms with E-state index in [0.717, 1.165) is 0 Å². The van der Waals surface area contributed by atoms with Crippen LogP contribution in [0, 0.1) is 0 Å². The first kappa shape index (κ1) is 10.7. The van der Waals surface area contributed by atoms with Crippen molar-refractivity contribution < 1.29 is 4.42 Å². The van der Waals surface area contributed by atoms with Crippen LogP contribution in [0.15, 0.2) is 29.1 Å². The number of imidazole rings is 1. The van der Waals surface area contributed by atoms with Crippen molar-refractivity contribution in [1.29, 1.82) is 0 Å². The molecule has 0 fully saturated rings. The first-order chi connectivity index (χ1) is 8.79. The summed E-state index contributed by atoms with van der Waals surface area (Å²) in [6, 6.07) is 3.60. The zero-order valence-electron chi connectivity index (χ0n) is 9.58. The van der Waals surface area contributed by atoms with Crippen molar-refractivity contribution in [2.24, 2.45) is 5.73 Å². The summed E-state index contributed by atoms with van der Waals surface area (Å²) < 4.78 is 7.18. The number of nitrogen functional groups attached to an aromatic ring is 1. The fourth-order valence-corrected chi connectivity index (χ4v) is 1.85. The van der Waals surface area contributed by atoms with Crippen LogP contribution in [0.1, 0.15) is 0 Å². The summed E-state index contributed by atoms with van der Waals surface area (Å²) in [6.07, 6.45) is 3.26. The first-order valence-electron chi connectivity index (χ1n) is 5.52. The van der Waals surface area contributed by atoms with E-state index < -0.39 is 0 Å². The Morgan fingerprint density at radius 2 is 2.22 bits per heavy atom. The highest BCUT2D eigenvalue weighted by Crippen LogP contribution is 2.25. The van der Waals surface area contributed by atoms with Crippen LogP contribution in [0.5, 0.6) is 0 Å². The molecule has 3 aromatic rings. The fourth-order valence-electron chi connectivity index (χ4n) is 1.85. The van der Waals surface area contributed by atoms with Crippen LogP contribution in [0.4, 0.5) is 5.95 Å². The van der Waals surface area contributed by atoms with Crippen LogP contribution in [0.25, 0.3) is 22.6 Å². The molecule has 3 heterocycles. The molecule has 0 amide bonds. The SMILES string of the molecule is NCCn1cnc2c(-c3ccco3)nc(N)nc21. The topological polar surface area (TPSA) is 109 Å². The number of fused-ring (bicyclic) bond motifs is 1. The van der Waals surface area contributed by atoms with Gasteiger partial charge in [-0.25, -0.2) is 9.97 Å². The molecule has 0 spiro atoms. The van der Waals surface area contributed by atoms with E-state index in [-0.39, 0.29) is 5.95 Å². The zero-order valence-corrected chi connectivity index (χ0v) is 9.58. The van der Waals surface area contributed by atoms with Gasteiger partial charge in [0.05, 0.1) is 12.6 Å². The predicted molar refractivity (Wildman–Crippen MR) is 66.5 cm³/mol. The van der Waals surface area contributed by atoms with Crippen LogP contribution in [-0.4, -0.2) is 26.1 Å². The molecule has 0 saturated heterocycles. The van der Waals surface area contributed by atoms with Gasteiger partial charge in [0.1, 0.15) is 11.2 Å². The number of nitrogens with two attached hydrogens (primary N) is 2. The Labute approximate surface area is 102 Å². The monoisotopic (exact) mass is 244 g/mol. The van der Waals surface area contributed by atoms with Gasteiger partial charge < -0.3 is 20.5 Å². The minimum absolute atomic E-state index is 0.188. The molecule has 0 aliphatic heterocycles. The number of hydrogen-bond acceptors (Lipinski definition) is 6. The fraction of sp³-hybridized carbons (Fsp3) is 0.182. The normalized spacial score (nSPS) is 11.2. The maximum absolute atomic E-state index is 5.72. The van der Waals surface area contributed by atoms with E-state index in [0.29, 0.717) is 35.7 Å². The summed E-state index contributed by atoms with van der Waals surface area (Å²) in [5.41, 5.74) is 13.2. The van der Waals surface area contributed by atoms with Gasteiger partial charge in [0, 0.05) is 13.1 Å². The van der Waals surface area contributed by atoms with Crippen molar-refractivity contribution in [2.75, 3.05) is 12.3 Å². The lowest BCUT2D eigenvalue weighted by Crippen LogP contribution is -2.10. The Morgan fingerprint density at radius 1 is 1.33 bits per heavy atom. The summed E-state index contributed by atoms with van der Waals surface area (Å²) in [6.45, 7) is 1.13. The van der Waals surface area contributed by atoms with E-state index in [1.54, 1.807) is 18.7 Å². The number of hydrogen-bond donors (Lipinski definition) is 2. The molecule has 7 nitrogen and oxygen atoms in total. The molecule has 0 aromatic carbocycles. The second kappa shape index (κ2) is 4.11. The molecule has 3 aromatic heterocycles. The molecule has 0 unspecified atom stereocenters. The van der Waals surface area contributed by atoms with Crippen LogP contribution >= 0.6 is 0 Å².